The molecular formula is C14H15N3O2S2. The highest BCUT2D eigenvalue weighted by atomic mass is 32.2. The van der Waals surface area contributed by atoms with Crippen LogP contribution in [0.25, 0.3) is 0 Å². The Balaban J connectivity index is 1.98. The Morgan fingerprint density at radius 2 is 2.38 bits per heavy atom. The maximum Gasteiger partial charge on any atom is 0.231 e. The third-order valence-corrected chi connectivity index (χ3v) is 5.02. The quantitative estimate of drug-likeness (QED) is 0.852. The van der Waals surface area contributed by atoms with Gasteiger partial charge < -0.3 is 5.32 Å². The zero-order chi connectivity index (χ0) is 15.4. The lowest BCUT2D eigenvalue weighted by Gasteiger charge is -2.10. The number of nitrogens with zero attached hydrogens (tertiary/aromatic N) is 2. The van der Waals surface area contributed by atoms with E-state index in [1.807, 2.05) is 19.9 Å². The highest BCUT2D eigenvalue weighted by Crippen LogP contribution is 2.24. The molecule has 1 aromatic heterocycles. The Morgan fingerprint density at radius 1 is 1.62 bits per heavy atom. The summed E-state index contributed by atoms with van der Waals surface area (Å²) >= 11 is 2.48. The van der Waals surface area contributed by atoms with Gasteiger partial charge in [-0.1, -0.05) is 23.5 Å². The van der Waals surface area contributed by atoms with Crippen LogP contribution in [0.4, 0.5) is 0 Å². The van der Waals surface area contributed by atoms with Crippen LogP contribution in [0.15, 0.2) is 11.1 Å². The van der Waals surface area contributed by atoms with E-state index in [-0.39, 0.29) is 22.8 Å². The van der Waals surface area contributed by atoms with E-state index in [0.29, 0.717) is 17.0 Å². The van der Waals surface area contributed by atoms with Crippen molar-refractivity contribution in [3.63, 3.8) is 0 Å². The van der Waals surface area contributed by atoms with Crippen LogP contribution in [-0.2, 0) is 9.59 Å². The standard InChI is InChI=1S/C14H15N3O2S2/c1-8-5-9(2)16-13(10(8)6-15)21-7-12(18)17-11-3-4-20-14(11)19/h5,11H,3-4,7H2,1-2H3,(H,17,18)/t11-/m0/s1. The molecule has 7 heteroatoms. The molecule has 0 spiro atoms. The van der Waals surface area contributed by atoms with Crippen LogP contribution in [0.5, 0.6) is 0 Å². The van der Waals surface area contributed by atoms with Gasteiger partial charge >= 0.3 is 0 Å². The smallest absolute Gasteiger partial charge is 0.231 e. The summed E-state index contributed by atoms with van der Waals surface area (Å²) in [7, 11) is 0. The first kappa shape index (κ1) is 15.9. The number of hydrogen-bond acceptors (Lipinski definition) is 6. The molecule has 1 aliphatic heterocycles. The SMILES string of the molecule is Cc1cc(C)c(C#N)c(SCC(=O)N[C@H]2CCSC2=O)n1. The Hall–Kier alpha value is -1.52. The minimum absolute atomic E-state index is 0.0237. The number of carbonyl (C=O) groups excluding carboxylic acids is 2. The van der Waals surface area contributed by atoms with E-state index in [2.05, 4.69) is 16.4 Å². The lowest BCUT2D eigenvalue weighted by molar-refractivity contribution is -0.122. The van der Waals surface area contributed by atoms with E-state index in [1.165, 1.54) is 23.5 Å². The van der Waals surface area contributed by atoms with Crippen molar-refractivity contribution >= 4 is 34.5 Å². The van der Waals surface area contributed by atoms with Crippen LogP contribution in [0.2, 0.25) is 0 Å². The lowest BCUT2D eigenvalue weighted by atomic mass is 10.1. The van der Waals surface area contributed by atoms with Gasteiger partial charge in [0.2, 0.25) is 11.0 Å². The Morgan fingerprint density at radius 3 is 3.00 bits per heavy atom. The van der Waals surface area contributed by atoms with Gasteiger partial charge in [0.25, 0.3) is 0 Å². The number of carbonyl (C=O) groups is 2. The second-order valence-corrected chi connectivity index (χ2v) is 6.80. The summed E-state index contributed by atoms with van der Waals surface area (Å²) in [6.07, 6.45) is 0.686. The summed E-state index contributed by atoms with van der Waals surface area (Å²) in [6.45, 7) is 3.71. The van der Waals surface area contributed by atoms with Gasteiger partial charge in [-0.25, -0.2) is 4.98 Å². The van der Waals surface area contributed by atoms with Crippen molar-refractivity contribution in [2.75, 3.05) is 11.5 Å². The van der Waals surface area contributed by atoms with Gasteiger partial charge in [-0.05, 0) is 31.9 Å². The fraction of sp³-hybridized carbons (Fsp3) is 0.429. The van der Waals surface area contributed by atoms with Gasteiger partial charge in [0, 0.05) is 11.4 Å². The molecule has 1 amide bonds. The lowest BCUT2D eigenvalue weighted by Crippen LogP contribution is -2.38. The van der Waals surface area contributed by atoms with E-state index in [1.54, 1.807) is 0 Å². The molecule has 1 saturated heterocycles. The maximum atomic E-state index is 11.9. The molecule has 1 N–H and O–H groups in total. The fourth-order valence-electron chi connectivity index (χ4n) is 2.04. The van der Waals surface area contributed by atoms with E-state index < -0.39 is 0 Å². The number of aryl methyl sites for hydroxylation is 2. The van der Waals surface area contributed by atoms with Crippen LogP contribution in [0.3, 0.4) is 0 Å². The summed E-state index contributed by atoms with van der Waals surface area (Å²) in [4.78, 5) is 27.7. The van der Waals surface area contributed by atoms with Crippen molar-refractivity contribution in [3.05, 3.63) is 22.9 Å². The number of rotatable bonds is 4. The predicted octanol–water partition coefficient (Wildman–Crippen LogP) is 1.81. The number of nitrogens with one attached hydrogen (secondary N) is 1. The van der Waals surface area contributed by atoms with Crippen LogP contribution < -0.4 is 5.32 Å². The molecule has 110 valence electrons. The van der Waals surface area contributed by atoms with Crippen molar-refractivity contribution in [2.45, 2.75) is 31.3 Å². The second kappa shape index (κ2) is 6.96. The summed E-state index contributed by atoms with van der Waals surface area (Å²) in [5.41, 5.74) is 2.18. The summed E-state index contributed by atoms with van der Waals surface area (Å²) < 4.78 is 0. The average molecular weight is 321 g/mol. The maximum absolute atomic E-state index is 11.9. The minimum Gasteiger partial charge on any atom is -0.345 e. The van der Waals surface area contributed by atoms with Crippen molar-refractivity contribution in [1.29, 1.82) is 5.26 Å². The molecule has 0 bridgehead atoms. The first-order valence-electron chi connectivity index (χ1n) is 6.48. The highest BCUT2D eigenvalue weighted by molar-refractivity contribution is 8.14. The number of amides is 1. The van der Waals surface area contributed by atoms with Gasteiger partial charge in [-0.15, -0.1) is 0 Å². The molecule has 1 atom stereocenters. The van der Waals surface area contributed by atoms with E-state index in [4.69, 9.17) is 5.26 Å². The molecular weight excluding hydrogens is 306 g/mol. The van der Waals surface area contributed by atoms with E-state index >= 15 is 0 Å². The molecule has 0 radical (unpaired) electrons. The molecule has 0 aromatic carbocycles. The van der Waals surface area contributed by atoms with Crippen molar-refractivity contribution < 1.29 is 9.59 Å². The number of nitriles is 1. The van der Waals surface area contributed by atoms with Gasteiger partial charge in [-0.3, -0.25) is 9.59 Å². The summed E-state index contributed by atoms with van der Waals surface area (Å²) in [6, 6.07) is 3.60. The zero-order valence-electron chi connectivity index (χ0n) is 11.8. The number of pyridine rings is 1. The Kier molecular flexibility index (Phi) is 5.26. The molecule has 0 unspecified atom stereocenters. The highest BCUT2D eigenvalue weighted by Gasteiger charge is 2.26. The molecule has 1 aromatic rings. The molecule has 1 fully saturated rings. The second-order valence-electron chi connectivity index (χ2n) is 4.74. The van der Waals surface area contributed by atoms with Crippen molar-refractivity contribution in [3.8, 4) is 6.07 Å². The van der Waals surface area contributed by atoms with Gasteiger partial charge in [0.1, 0.15) is 11.1 Å². The molecule has 21 heavy (non-hydrogen) atoms. The summed E-state index contributed by atoms with van der Waals surface area (Å²) in [5.74, 6) is 0.707. The van der Waals surface area contributed by atoms with Crippen LogP contribution in [0.1, 0.15) is 23.2 Å². The normalized spacial score (nSPS) is 17.6. The van der Waals surface area contributed by atoms with E-state index in [0.717, 1.165) is 17.0 Å². The fourth-order valence-corrected chi connectivity index (χ4v) is 3.88. The largest absolute Gasteiger partial charge is 0.345 e. The van der Waals surface area contributed by atoms with Crippen LogP contribution in [-0.4, -0.2) is 33.6 Å². The zero-order valence-corrected chi connectivity index (χ0v) is 13.4. The molecule has 2 heterocycles. The molecule has 0 aliphatic carbocycles. The first-order chi connectivity index (χ1) is 10.0. The third-order valence-electron chi connectivity index (χ3n) is 3.03. The van der Waals surface area contributed by atoms with Gasteiger partial charge in [-0.2, -0.15) is 5.26 Å². The monoisotopic (exact) mass is 321 g/mol. The van der Waals surface area contributed by atoms with Crippen molar-refractivity contribution in [1.82, 2.24) is 10.3 Å². The molecule has 0 saturated carbocycles. The number of aromatic nitrogens is 1. The van der Waals surface area contributed by atoms with Crippen LogP contribution in [0, 0.1) is 25.2 Å². The molecule has 2 rings (SSSR count). The van der Waals surface area contributed by atoms with Gasteiger partial charge in [0.05, 0.1) is 17.4 Å². The number of thioether (sulfide) groups is 2. The predicted molar refractivity (Wildman–Crippen MR) is 83.2 cm³/mol. The van der Waals surface area contributed by atoms with Crippen molar-refractivity contribution in [2.24, 2.45) is 0 Å². The molecule has 5 nitrogen and oxygen atoms in total. The third kappa shape index (κ3) is 3.99. The molecule has 1 aliphatic rings. The van der Waals surface area contributed by atoms with Crippen LogP contribution >= 0.6 is 23.5 Å². The Bertz CT molecular complexity index is 625. The summed E-state index contributed by atoms with van der Waals surface area (Å²) in [5, 5.41) is 12.5. The Labute approximate surface area is 131 Å². The van der Waals surface area contributed by atoms with E-state index in [9.17, 15) is 9.59 Å². The topological polar surface area (TPSA) is 82.9 Å². The average Bonchev–Trinajstić information content (AvgIpc) is 2.81. The van der Waals surface area contributed by atoms with Gasteiger partial charge in [0.15, 0.2) is 0 Å². The first-order valence-corrected chi connectivity index (χ1v) is 8.45. The number of hydrogen-bond donors (Lipinski definition) is 1. The minimum atomic E-state index is -0.370.